The smallest absolute Gasteiger partial charge is 0.314 e. The number of halogens is 1. The number of carbonyl (C=O) groups is 2. The van der Waals surface area contributed by atoms with Crippen molar-refractivity contribution in [2.45, 2.75) is 25.9 Å². The summed E-state index contributed by atoms with van der Waals surface area (Å²) in [6.45, 7) is 1.84. The fraction of sp³-hybridized carbons (Fsp3) is 0.421. The second kappa shape index (κ2) is 7.11. The normalized spacial score (nSPS) is 22.7. The third kappa shape index (κ3) is 3.44. The number of aliphatic carboxylic acids is 1. The number of aliphatic hydroxyl groups excluding tert-OH is 1. The van der Waals surface area contributed by atoms with E-state index in [4.69, 9.17) is 0 Å². The van der Waals surface area contributed by atoms with E-state index in [1.165, 1.54) is 35.5 Å². The van der Waals surface area contributed by atoms with Crippen molar-refractivity contribution in [2.24, 2.45) is 12.5 Å². The number of imidazole rings is 1. The predicted octanol–water partition coefficient (Wildman–Crippen LogP) is 1.39. The zero-order chi connectivity index (χ0) is 19.8. The topological polar surface area (TPSA) is 95.7 Å². The molecule has 0 aliphatic carbocycles. The van der Waals surface area contributed by atoms with Gasteiger partial charge in [-0.05, 0) is 37.5 Å². The summed E-state index contributed by atoms with van der Waals surface area (Å²) in [6.07, 6.45) is 0.565. The molecule has 144 valence electrons. The Morgan fingerprint density at radius 2 is 2.00 bits per heavy atom. The van der Waals surface area contributed by atoms with E-state index in [0.29, 0.717) is 17.0 Å². The zero-order valence-electron chi connectivity index (χ0n) is 15.2. The number of carbonyl (C=O) groups excluding carboxylic acids is 1. The van der Waals surface area contributed by atoms with E-state index in [-0.39, 0.29) is 31.8 Å². The lowest BCUT2D eigenvalue weighted by Crippen LogP contribution is -2.58. The van der Waals surface area contributed by atoms with Gasteiger partial charge in [0.1, 0.15) is 16.9 Å². The number of aromatic nitrogens is 2. The van der Waals surface area contributed by atoms with Gasteiger partial charge in [-0.15, -0.1) is 0 Å². The van der Waals surface area contributed by atoms with Crippen LogP contribution in [0.1, 0.15) is 28.2 Å². The summed E-state index contributed by atoms with van der Waals surface area (Å²) >= 11 is 0. The molecule has 1 aromatic heterocycles. The number of benzene rings is 1. The molecule has 2 heterocycles. The summed E-state index contributed by atoms with van der Waals surface area (Å²) in [5.74, 6) is -1.92. The van der Waals surface area contributed by atoms with Crippen molar-refractivity contribution in [3.05, 3.63) is 53.4 Å². The number of likely N-dealkylation sites (tertiary alicyclic amines) is 1. The van der Waals surface area contributed by atoms with Crippen LogP contribution in [0.5, 0.6) is 0 Å². The number of aliphatic hydroxyl groups is 1. The zero-order valence-corrected chi connectivity index (χ0v) is 15.2. The lowest BCUT2D eigenvalue weighted by molar-refractivity contribution is -0.161. The number of aryl methyl sites for hydroxylation is 2. The van der Waals surface area contributed by atoms with Gasteiger partial charge in [0, 0.05) is 20.1 Å². The van der Waals surface area contributed by atoms with Gasteiger partial charge in [0.05, 0.1) is 18.1 Å². The molecule has 0 bridgehead atoms. The largest absolute Gasteiger partial charge is 0.481 e. The summed E-state index contributed by atoms with van der Waals surface area (Å²) in [6, 6.07) is 5.50. The Morgan fingerprint density at radius 1 is 1.33 bits per heavy atom. The van der Waals surface area contributed by atoms with E-state index in [9.17, 15) is 24.2 Å². The minimum absolute atomic E-state index is 0.00205. The Bertz CT molecular complexity index is 845. The summed E-state index contributed by atoms with van der Waals surface area (Å²) in [5, 5.41) is 20.5. The quantitative estimate of drug-likeness (QED) is 0.842. The predicted molar refractivity (Wildman–Crippen MR) is 94.6 cm³/mol. The molecule has 1 amide bonds. The molecule has 0 spiro atoms. The van der Waals surface area contributed by atoms with E-state index in [1.54, 1.807) is 18.5 Å². The molecule has 27 heavy (non-hydrogen) atoms. The van der Waals surface area contributed by atoms with Gasteiger partial charge in [-0.1, -0.05) is 12.1 Å². The molecule has 2 atom stereocenters. The highest BCUT2D eigenvalue weighted by Crippen LogP contribution is 2.35. The summed E-state index contributed by atoms with van der Waals surface area (Å²) in [5.41, 5.74) is -0.0116. The fourth-order valence-electron chi connectivity index (χ4n) is 3.68. The highest BCUT2D eigenvalue weighted by molar-refractivity contribution is 5.94. The highest BCUT2D eigenvalue weighted by Gasteiger charge is 2.50. The van der Waals surface area contributed by atoms with E-state index in [1.807, 2.05) is 0 Å². The van der Waals surface area contributed by atoms with E-state index < -0.39 is 23.3 Å². The van der Waals surface area contributed by atoms with Crippen molar-refractivity contribution >= 4 is 11.9 Å². The van der Waals surface area contributed by atoms with Crippen LogP contribution >= 0.6 is 0 Å². The first-order chi connectivity index (χ1) is 12.7. The van der Waals surface area contributed by atoms with Gasteiger partial charge in [0.25, 0.3) is 5.91 Å². The summed E-state index contributed by atoms with van der Waals surface area (Å²) in [7, 11) is 1.70. The number of piperidine rings is 1. The molecule has 2 aromatic rings. The van der Waals surface area contributed by atoms with Crippen LogP contribution in [0.4, 0.5) is 4.39 Å². The SMILES string of the molecule is Cc1ncn(C)c1C(=O)N1CC[C@H](O)[C@](Cc2ccc(F)cc2)(C(=O)O)C1. The molecule has 2 N–H and O–H groups in total. The maximum atomic E-state index is 13.2. The van der Waals surface area contributed by atoms with Gasteiger partial charge in [-0.25, -0.2) is 9.37 Å². The van der Waals surface area contributed by atoms with Gasteiger partial charge in [0.2, 0.25) is 0 Å². The molecular formula is C19H22FN3O4. The van der Waals surface area contributed by atoms with Gasteiger partial charge < -0.3 is 19.7 Å². The van der Waals surface area contributed by atoms with Gasteiger partial charge in [0.15, 0.2) is 0 Å². The number of nitrogens with zero attached hydrogens (tertiary/aromatic N) is 3. The van der Waals surface area contributed by atoms with Crippen LogP contribution in [-0.2, 0) is 18.3 Å². The molecule has 7 nitrogen and oxygen atoms in total. The molecule has 0 radical (unpaired) electrons. The second-order valence-electron chi connectivity index (χ2n) is 7.09. The molecule has 1 aliphatic heterocycles. The Morgan fingerprint density at radius 3 is 2.56 bits per heavy atom. The number of carboxylic acid groups (broad SMARTS) is 1. The molecule has 3 rings (SSSR count). The molecular weight excluding hydrogens is 353 g/mol. The highest BCUT2D eigenvalue weighted by atomic mass is 19.1. The Hall–Kier alpha value is -2.74. The van der Waals surface area contributed by atoms with Crippen molar-refractivity contribution < 1.29 is 24.2 Å². The monoisotopic (exact) mass is 375 g/mol. The van der Waals surface area contributed by atoms with Crippen LogP contribution in [-0.4, -0.2) is 55.7 Å². The fourth-order valence-corrected chi connectivity index (χ4v) is 3.68. The van der Waals surface area contributed by atoms with E-state index in [0.717, 1.165) is 0 Å². The molecule has 1 saturated heterocycles. The van der Waals surface area contributed by atoms with Gasteiger partial charge in [-0.2, -0.15) is 0 Å². The van der Waals surface area contributed by atoms with Crippen LogP contribution < -0.4 is 0 Å². The standard InChI is InChI=1S/C19H22FN3O4/c1-12-16(22(2)11-21-12)17(25)23-8-7-15(24)19(10-23,18(26)27)9-13-3-5-14(20)6-4-13/h3-6,11,15,24H,7-10H2,1-2H3,(H,26,27)/t15-,19+/m0/s1. The van der Waals surface area contributed by atoms with Crippen LogP contribution in [0.15, 0.2) is 30.6 Å². The molecule has 1 aliphatic rings. The maximum Gasteiger partial charge on any atom is 0.314 e. The van der Waals surface area contributed by atoms with E-state index >= 15 is 0 Å². The van der Waals surface area contributed by atoms with Crippen molar-refractivity contribution in [3.8, 4) is 0 Å². The second-order valence-corrected chi connectivity index (χ2v) is 7.09. The lowest BCUT2D eigenvalue weighted by Gasteiger charge is -2.43. The first kappa shape index (κ1) is 19.0. The van der Waals surface area contributed by atoms with Crippen molar-refractivity contribution in [2.75, 3.05) is 13.1 Å². The van der Waals surface area contributed by atoms with Gasteiger partial charge in [-0.3, -0.25) is 9.59 Å². The molecule has 1 fully saturated rings. The van der Waals surface area contributed by atoms with Crippen LogP contribution in [0.25, 0.3) is 0 Å². The maximum absolute atomic E-state index is 13.2. The Labute approximate surface area is 156 Å². The van der Waals surface area contributed by atoms with Crippen molar-refractivity contribution in [3.63, 3.8) is 0 Å². The van der Waals surface area contributed by atoms with Crippen molar-refractivity contribution in [1.82, 2.24) is 14.5 Å². The molecule has 8 heteroatoms. The molecule has 1 aromatic carbocycles. The lowest BCUT2D eigenvalue weighted by atomic mass is 9.72. The summed E-state index contributed by atoms with van der Waals surface area (Å²) in [4.78, 5) is 30.7. The molecule has 0 unspecified atom stereocenters. The minimum atomic E-state index is -1.56. The van der Waals surface area contributed by atoms with Gasteiger partial charge >= 0.3 is 5.97 Å². The number of amides is 1. The minimum Gasteiger partial charge on any atom is -0.481 e. The first-order valence-corrected chi connectivity index (χ1v) is 8.67. The van der Waals surface area contributed by atoms with Crippen LogP contribution in [0.3, 0.4) is 0 Å². The third-order valence-corrected chi connectivity index (χ3v) is 5.25. The average Bonchev–Trinajstić information content (AvgIpc) is 2.96. The first-order valence-electron chi connectivity index (χ1n) is 8.67. The number of rotatable bonds is 4. The number of carboxylic acids is 1. The van der Waals surface area contributed by atoms with Crippen molar-refractivity contribution in [1.29, 1.82) is 0 Å². The molecule has 0 saturated carbocycles. The average molecular weight is 375 g/mol. The van der Waals surface area contributed by atoms with Crippen LogP contribution in [0, 0.1) is 18.2 Å². The Balaban J connectivity index is 1.92. The third-order valence-electron chi connectivity index (χ3n) is 5.25. The van der Waals surface area contributed by atoms with Crippen LogP contribution in [0.2, 0.25) is 0 Å². The number of hydrogen-bond donors (Lipinski definition) is 2. The Kier molecular flexibility index (Phi) is 5.01. The number of hydrogen-bond acceptors (Lipinski definition) is 4. The van der Waals surface area contributed by atoms with E-state index in [2.05, 4.69) is 4.98 Å². The summed E-state index contributed by atoms with van der Waals surface area (Å²) < 4.78 is 14.8.